The minimum Gasteiger partial charge on any atom is -0.281 e. The lowest BCUT2D eigenvalue weighted by atomic mass is 10.0. The maximum atomic E-state index is 13.2. The van der Waals surface area contributed by atoms with Crippen molar-refractivity contribution in [2.24, 2.45) is 0 Å². The fraction of sp³-hybridized carbons (Fsp3) is 1.00. The molecule has 0 aromatic rings. The molecule has 0 saturated heterocycles. The first kappa shape index (κ1) is 20.5. The summed E-state index contributed by atoms with van der Waals surface area (Å²) in [5.74, 6) is -11.4. The van der Waals surface area contributed by atoms with Gasteiger partial charge in [-0.15, -0.1) is 0 Å². The molecule has 0 rings (SSSR count). The Kier molecular flexibility index (Phi) is 6.99. The molecule has 3 nitrogen and oxygen atoms in total. The maximum absolute atomic E-state index is 13.2. The van der Waals surface area contributed by atoms with Gasteiger partial charge >= 0.3 is 27.2 Å². The van der Waals surface area contributed by atoms with E-state index in [1.54, 1.807) is 0 Å². The summed E-state index contributed by atoms with van der Waals surface area (Å²) in [6, 6.07) is 0. The Hall–Kier alpha value is -0.510. The van der Waals surface area contributed by atoms with Crippen molar-refractivity contribution in [2.75, 3.05) is 0 Å². The van der Waals surface area contributed by atoms with Crippen LogP contribution in [0.1, 0.15) is 51.9 Å². The highest BCUT2D eigenvalue weighted by Gasteiger charge is 2.76. The zero-order valence-corrected chi connectivity index (χ0v) is 12.2. The van der Waals surface area contributed by atoms with Gasteiger partial charge < -0.3 is 0 Å². The van der Waals surface area contributed by atoms with Gasteiger partial charge in [-0.25, -0.2) is 0 Å². The van der Waals surface area contributed by atoms with E-state index in [2.05, 4.69) is 0 Å². The summed E-state index contributed by atoms with van der Waals surface area (Å²) in [7, 11) is -6.65. The van der Waals surface area contributed by atoms with Crippen LogP contribution in [0.25, 0.3) is 0 Å². The van der Waals surface area contributed by atoms with E-state index < -0.39 is 40.1 Å². The third-order valence-corrected chi connectivity index (χ3v) is 3.90. The van der Waals surface area contributed by atoms with Gasteiger partial charge in [-0.3, -0.25) is 4.55 Å². The Morgan fingerprint density at radius 2 is 1.29 bits per heavy atom. The lowest BCUT2D eigenvalue weighted by Crippen LogP contribution is -2.57. The molecule has 0 aromatic heterocycles. The number of hydrogen-bond donors (Lipinski definition) is 1. The first-order chi connectivity index (χ1) is 9.31. The molecule has 0 saturated carbocycles. The first-order valence-corrected chi connectivity index (χ1v) is 7.85. The second kappa shape index (κ2) is 7.17. The molecule has 21 heavy (non-hydrogen) atoms. The quantitative estimate of drug-likeness (QED) is 0.361. The van der Waals surface area contributed by atoms with Gasteiger partial charge in [-0.2, -0.15) is 34.8 Å². The average molecular weight is 344 g/mol. The zero-order valence-electron chi connectivity index (χ0n) is 11.4. The van der Waals surface area contributed by atoms with Gasteiger partial charge in [0.2, 0.25) is 0 Å². The lowest BCUT2D eigenvalue weighted by Gasteiger charge is -2.30. The number of hydrogen-bond acceptors (Lipinski definition) is 2. The molecule has 0 atom stereocenters. The van der Waals surface area contributed by atoms with Crippen molar-refractivity contribution in [3.05, 3.63) is 0 Å². The van der Waals surface area contributed by atoms with E-state index in [9.17, 15) is 34.8 Å². The molecule has 1 N–H and O–H groups in total. The summed E-state index contributed by atoms with van der Waals surface area (Å²) in [6.07, 6.45) is 1.03. The summed E-state index contributed by atoms with van der Waals surface area (Å²) in [6.45, 7) is 1.91. The van der Waals surface area contributed by atoms with Gasteiger partial charge in [0.1, 0.15) is 0 Å². The third kappa shape index (κ3) is 4.73. The molecule has 0 aliphatic heterocycles. The van der Waals surface area contributed by atoms with Crippen LogP contribution < -0.4 is 0 Å². The van der Waals surface area contributed by atoms with Crippen molar-refractivity contribution >= 4 is 10.1 Å². The molecule has 0 spiro atoms. The van der Waals surface area contributed by atoms with Gasteiger partial charge in [0.05, 0.1) is 0 Å². The number of halogens is 6. The Balaban J connectivity index is 4.74. The van der Waals surface area contributed by atoms with Crippen LogP contribution >= 0.6 is 0 Å². The van der Waals surface area contributed by atoms with Crippen LogP contribution in [0, 0.1) is 0 Å². The van der Waals surface area contributed by atoms with Crippen molar-refractivity contribution in [1.82, 2.24) is 0 Å². The van der Waals surface area contributed by atoms with Crippen LogP contribution in [0.4, 0.5) is 26.3 Å². The van der Waals surface area contributed by atoms with Gasteiger partial charge in [0, 0.05) is 6.42 Å². The number of alkyl halides is 6. The Labute approximate surface area is 119 Å². The van der Waals surface area contributed by atoms with E-state index in [0.29, 0.717) is 12.8 Å². The van der Waals surface area contributed by atoms with E-state index in [-0.39, 0.29) is 6.42 Å². The molecular weight excluding hydrogens is 326 g/mol. The molecule has 0 radical (unpaired) electrons. The summed E-state index contributed by atoms with van der Waals surface area (Å²) >= 11 is 0. The fourth-order valence-corrected chi connectivity index (χ4v) is 2.13. The number of unbranched alkanes of at least 4 members (excludes halogenated alkanes) is 5. The largest absolute Gasteiger partial charge is 0.437 e. The van der Waals surface area contributed by atoms with Crippen molar-refractivity contribution in [1.29, 1.82) is 0 Å². The monoisotopic (exact) mass is 344 g/mol. The van der Waals surface area contributed by atoms with Crippen LogP contribution in [0.5, 0.6) is 0 Å². The van der Waals surface area contributed by atoms with E-state index in [1.165, 1.54) is 0 Å². The Bertz CT molecular complexity index is 422. The minimum absolute atomic E-state index is 0.142. The molecule has 0 heterocycles. The lowest BCUT2D eigenvalue weighted by molar-refractivity contribution is -0.282. The van der Waals surface area contributed by atoms with E-state index in [1.807, 2.05) is 6.92 Å². The first-order valence-electron chi connectivity index (χ1n) is 6.41. The minimum atomic E-state index is -6.65. The molecule has 0 aromatic carbocycles. The molecular formula is C11H18F6O3S. The van der Waals surface area contributed by atoms with Crippen molar-refractivity contribution in [3.8, 4) is 0 Å². The van der Waals surface area contributed by atoms with Crippen molar-refractivity contribution in [3.63, 3.8) is 0 Å². The highest BCUT2D eigenvalue weighted by atomic mass is 32.2. The predicted octanol–water partition coefficient (Wildman–Crippen LogP) is 4.49. The topological polar surface area (TPSA) is 54.4 Å². The standard InChI is InChI=1S/C11H18F6O3S/c1-2-3-4-5-6-7-8-9(12,13)10(14,15)11(16,17)21(18,19)20/h2-8H2,1H3,(H,18,19,20). The summed E-state index contributed by atoms with van der Waals surface area (Å²) < 4.78 is 107. The molecule has 0 bridgehead atoms. The van der Waals surface area contributed by atoms with Gasteiger partial charge in [-0.1, -0.05) is 39.0 Å². The second-order valence-corrected chi connectivity index (χ2v) is 6.25. The highest BCUT2D eigenvalue weighted by Crippen LogP contribution is 2.50. The highest BCUT2D eigenvalue weighted by molar-refractivity contribution is 7.87. The molecule has 0 aliphatic rings. The van der Waals surface area contributed by atoms with Gasteiger partial charge in [0.15, 0.2) is 0 Å². The molecule has 0 amide bonds. The van der Waals surface area contributed by atoms with Crippen LogP contribution in [0.2, 0.25) is 0 Å². The second-order valence-electron chi connectivity index (χ2n) is 4.79. The Morgan fingerprint density at radius 3 is 1.71 bits per heavy atom. The van der Waals surface area contributed by atoms with Gasteiger partial charge in [-0.05, 0) is 6.42 Å². The Morgan fingerprint density at radius 1 is 0.857 bits per heavy atom. The zero-order chi connectivity index (χ0) is 16.9. The predicted molar refractivity (Wildman–Crippen MR) is 64.4 cm³/mol. The molecule has 0 unspecified atom stereocenters. The average Bonchev–Trinajstić information content (AvgIpc) is 2.31. The van der Waals surface area contributed by atoms with E-state index >= 15 is 0 Å². The molecule has 0 aliphatic carbocycles. The summed E-state index contributed by atoms with van der Waals surface area (Å²) in [5, 5.41) is -6.24. The van der Waals surface area contributed by atoms with Crippen LogP contribution in [-0.2, 0) is 10.1 Å². The SMILES string of the molecule is CCCCCCCCC(F)(F)C(F)(F)C(F)(F)S(=O)(=O)O. The molecule has 10 heteroatoms. The summed E-state index contributed by atoms with van der Waals surface area (Å²) in [5.41, 5.74) is 0. The fourth-order valence-electron chi connectivity index (χ4n) is 1.66. The number of rotatable bonds is 10. The third-order valence-electron chi connectivity index (χ3n) is 2.99. The van der Waals surface area contributed by atoms with Crippen molar-refractivity contribution in [2.45, 2.75) is 69.0 Å². The van der Waals surface area contributed by atoms with Gasteiger partial charge in [0.25, 0.3) is 0 Å². The van der Waals surface area contributed by atoms with Crippen LogP contribution in [0.3, 0.4) is 0 Å². The normalized spacial score (nSPS) is 14.5. The molecule has 0 fully saturated rings. The smallest absolute Gasteiger partial charge is 0.281 e. The van der Waals surface area contributed by atoms with Crippen molar-refractivity contribution < 1.29 is 39.3 Å². The van der Waals surface area contributed by atoms with Crippen LogP contribution in [-0.4, -0.2) is 30.1 Å². The summed E-state index contributed by atoms with van der Waals surface area (Å²) in [4.78, 5) is 0. The van der Waals surface area contributed by atoms with E-state index in [0.717, 1.165) is 12.8 Å². The maximum Gasteiger partial charge on any atom is 0.437 e. The molecule has 128 valence electrons. The van der Waals surface area contributed by atoms with Crippen LogP contribution in [0.15, 0.2) is 0 Å². The van der Waals surface area contributed by atoms with E-state index in [4.69, 9.17) is 4.55 Å².